The first kappa shape index (κ1) is 12.0. The molecule has 1 N–H and O–H groups in total. The predicted molar refractivity (Wildman–Crippen MR) is 73.8 cm³/mol. The van der Waals surface area contributed by atoms with Crippen molar-refractivity contribution in [3.63, 3.8) is 0 Å². The SMILES string of the molecule is [N-]=[N+]=Nc1cc(OCC2=NCCN2)ccc1I. The molecular weight excluding hydrogens is 333 g/mol. The number of nitrogens with one attached hydrogen (secondary N) is 1. The van der Waals surface area contributed by atoms with Gasteiger partial charge in [0.1, 0.15) is 18.2 Å². The molecule has 0 radical (unpaired) electrons. The third kappa shape index (κ3) is 3.24. The maximum Gasteiger partial charge on any atom is 0.145 e. The van der Waals surface area contributed by atoms with E-state index < -0.39 is 0 Å². The monoisotopic (exact) mass is 343 g/mol. The molecule has 0 bridgehead atoms. The number of amidine groups is 1. The molecule has 1 aromatic rings. The van der Waals surface area contributed by atoms with Gasteiger partial charge in [-0.1, -0.05) is 5.11 Å². The number of aliphatic imine (C=N–C) groups is 1. The van der Waals surface area contributed by atoms with Gasteiger partial charge >= 0.3 is 0 Å². The lowest BCUT2D eigenvalue weighted by Crippen LogP contribution is -2.24. The summed E-state index contributed by atoms with van der Waals surface area (Å²) in [6.45, 7) is 2.08. The van der Waals surface area contributed by atoms with Crippen LogP contribution in [0.5, 0.6) is 5.75 Å². The maximum absolute atomic E-state index is 8.42. The Labute approximate surface area is 112 Å². The van der Waals surface area contributed by atoms with E-state index in [0.29, 0.717) is 18.0 Å². The van der Waals surface area contributed by atoms with Gasteiger partial charge in [0.2, 0.25) is 0 Å². The summed E-state index contributed by atoms with van der Waals surface area (Å²) in [5.41, 5.74) is 9.00. The molecule has 1 aromatic carbocycles. The normalized spacial score (nSPS) is 13.6. The van der Waals surface area contributed by atoms with E-state index in [1.165, 1.54) is 0 Å². The molecule has 1 aliphatic rings. The third-order valence-corrected chi connectivity index (χ3v) is 3.10. The zero-order valence-corrected chi connectivity index (χ0v) is 11.1. The van der Waals surface area contributed by atoms with E-state index in [-0.39, 0.29) is 0 Å². The Hall–Kier alpha value is -1.47. The van der Waals surface area contributed by atoms with Crippen molar-refractivity contribution in [3.8, 4) is 5.75 Å². The van der Waals surface area contributed by atoms with Gasteiger partial charge in [0.15, 0.2) is 0 Å². The largest absolute Gasteiger partial charge is 0.486 e. The first-order valence-electron chi connectivity index (χ1n) is 5.04. The maximum atomic E-state index is 8.42. The topological polar surface area (TPSA) is 82.4 Å². The summed E-state index contributed by atoms with van der Waals surface area (Å²) in [5.74, 6) is 1.53. The van der Waals surface area contributed by atoms with Gasteiger partial charge in [-0.05, 0) is 46.3 Å². The van der Waals surface area contributed by atoms with Crippen molar-refractivity contribution in [1.29, 1.82) is 0 Å². The number of halogens is 1. The molecule has 0 unspecified atom stereocenters. The van der Waals surface area contributed by atoms with Crippen LogP contribution in [0.3, 0.4) is 0 Å². The molecule has 0 saturated carbocycles. The number of benzene rings is 1. The van der Waals surface area contributed by atoms with Crippen LogP contribution in [0.2, 0.25) is 0 Å². The van der Waals surface area contributed by atoms with Crippen LogP contribution in [0.25, 0.3) is 10.4 Å². The summed E-state index contributed by atoms with van der Waals surface area (Å²) in [7, 11) is 0. The Kier molecular flexibility index (Phi) is 4.05. The quantitative estimate of drug-likeness (QED) is 0.395. The van der Waals surface area contributed by atoms with E-state index in [0.717, 1.165) is 22.5 Å². The smallest absolute Gasteiger partial charge is 0.145 e. The molecule has 2 rings (SSSR count). The zero-order chi connectivity index (χ0) is 12.1. The van der Waals surface area contributed by atoms with Crippen LogP contribution >= 0.6 is 22.6 Å². The lowest BCUT2D eigenvalue weighted by Gasteiger charge is -2.07. The molecule has 0 aliphatic carbocycles. The summed E-state index contributed by atoms with van der Waals surface area (Å²) in [6, 6.07) is 5.41. The van der Waals surface area contributed by atoms with Crippen LogP contribution in [0.4, 0.5) is 5.69 Å². The van der Waals surface area contributed by atoms with Crippen LogP contribution in [0.1, 0.15) is 0 Å². The Bertz CT molecular complexity index is 495. The highest BCUT2D eigenvalue weighted by molar-refractivity contribution is 14.1. The van der Waals surface area contributed by atoms with Crippen LogP contribution < -0.4 is 10.1 Å². The molecule has 7 heteroatoms. The van der Waals surface area contributed by atoms with Crippen molar-refractivity contribution in [2.24, 2.45) is 10.1 Å². The summed E-state index contributed by atoms with van der Waals surface area (Å²) in [4.78, 5) is 7.00. The van der Waals surface area contributed by atoms with E-state index in [1.807, 2.05) is 12.1 Å². The first-order chi connectivity index (χ1) is 8.29. The summed E-state index contributed by atoms with van der Waals surface area (Å²) in [6.07, 6.45) is 0. The van der Waals surface area contributed by atoms with Gasteiger partial charge in [0.25, 0.3) is 0 Å². The highest BCUT2D eigenvalue weighted by atomic mass is 127. The van der Waals surface area contributed by atoms with Crippen molar-refractivity contribution in [3.05, 3.63) is 32.2 Å². The lowest BCUT2D eigenvalue weighted by molar-refractivity contribution is 0.373. The average Bonchev–Trinajstić information content (AvgIpc) is 2.83. The van der Waals surface area contributed by atoms with Crippen molar-refractivity contribution in [2.45, 2.75) is 0 Å². The summed E-state index contributed by atoms with van der Waals surface area (Å²) >= 11 is 2.11. The van der Waals surface area contributed by atoms with Gasteiger partial charge in [-0.15, -0.1) is 0 Å². The van der Waals surface area contributed by atoms with Crippen LogP contribution in [0, 0.1) is 3.57 Å². The number of nitrogens with zero attached hydrogens (tertiary/aromatic N) is 4. The van der Waals surface area contributed by atoms with E-state index >= 15 is 0 Å². The van der Waals surface area contributed by atoms with E-state index in [4.69, 9.17) is 10.3 Å². The molecule has 0 atom stereocenters. The molecular formula is C10H10IN5O. The molecule has 0 saturated heterocycles. The lowest BCUT2D eigenvalue weighted by atomic mass is 10.3. The van der Waals surface area contributed by atoms with Crippen molar-refractivity contribution in [1.82, 2.24) is 5.32 Å². The molecule has 0 spiro atoms. The van der Waals surface area contributed by atoms with Gasteiger partial charge in [-0.25, -0.2) is 0 Å². The Morgan fingerprint density at radius 3 is 3.18 bits per heavy atom. The number of azide groups is 1. The van der Waals surface area contributed by atoms with E-state index in [9.17, 15) is 0 Å². The second-order valence-corrected chi connectivity index (χ2v) is 4.51. The minimum Gasteiger partial charge on any atom is -0.486 e. The molecule has 1 aliphatic heterocycles. The van der Waals surface area contributed by atoms with Gasteiger partial charge in [-0.3, -0.25) is 4.99 Å². The van der Waals surface area contributed by atoms with Crippen molar-refractivity contribution >= 4 is 34.1 Å². The standard InChI is InChI=1S/C10H10IN5O/c11-8-2-1-7(5-9(8)15-16-12)17-6-10-13-3-4-14-10/h1-2,5H,3-4,6H2,(H,13,14). The second kappa shape index (κ2) is 5.74. The fourth-order valence-corrected chi connectivity index (χ4v) is 1.85. The Morgan fingerprint density at radius 1 is 1.59 bits per heavy atom. The number of rotatable bonds is 4. The highest BCUT2D eigenvalue weighted by Gasteiger charge is 2.06. The fraction of sp³-hybridized carbons (Fsp3) is 0.300. The molecule has 6 nitrogen and oxygen atoms in total. The Morgan fingerprint density at radius 2 is 2.47 bits per heavy atom. The first-order valence-corrected chi connectivity index (χ1v) is 6.12. The third-order valence-electron chi connectivity index (χ3n) is 2.19. The number of hydrogen-bond donors (Lipinski definition) is 1. The highest BCUT2D eigenvalue weighted by Crippen LogP contribution is 2.26. The van der Waals surface area contributed by atoms with Crippen LogP contribution in [-0.2, 0) is 0 Å². The summed E-state index contributed by atoms with van der Waals surface area (Å²) in [5, 5.41) is 6.71. The van der Waals surface area contributed by atoms with E-state index in [2.05, 4.69) is 42.9 Å². The Balaban J connectivity index is 2.05. The zero-order valence-electron chi connectivity index (χ0n) is 8.93. The van der Waals surface area contributed by atoms with E-state index in [1.54, 1.807) is 6.07 Å². The van der Waals surface area contributed by atoms with Gasteiger partial charge in [0.05, 0.1) is 12.2 Å². The minimum atomic E-state index is 0.413. The van der Waals surface area contributed by atoms with Crippen molar-refractivity contribution in [2.75, 3.05) is 19.7 Å². The number of ether oxygens (including phenoxy) is 1. The molecule has 0 fully saturated rings. The molecule has 0 aromatic heterocycles. The van der Waals surface area contributed by atoms with Gasteiger partial charge < -0.3 is 10.1 Å². The van der Waals surface area contributed by atoms with Crippen LogP contribution in [0.15, 0.2) is 28.3 Å². The summed E-state index contributed by atoms with van der Waals surface area (Å²) < 4.78 is 6.44. The fourth-order valence-electron chi connectivity index (χ4n) is 1.40. The van der Waals surface area contributed by atoms with Gasteiger partial charge in [-0.2, -0.15) is 0 Å². The van der Waals surface area contributed by atoms with Crippen LogP contribution in [-0.4, -0.2) is 25.5 Å². The second-order valence-electron chi connectivity index (χ2n) is 3.35. The predicted octanol–water partition coefficient (Wildman–Crippen LogP) is 2.61. The average molecular weight is 343 g/mol. The molecule has 17 heavy (non-hydrogen) atoms. The number of hydrogen-bond acceptors (Lipinski definition) is 4. The van der Waals surface area contributed by atoms with Gasteiger partial charge in [0, 0.05) is 15.0 Å². The molecule has 88 valence electrons. The molecule has 0 amide bonds. The minimum absolute atomic E-state index is 0.413. The molecule has 1 heterocycles. The van der Waals surface area contributed by atoms with Crippen molar-refractivity contribution < 1.29 is 4.74 Å².